The maximum atomic E-state index is 12.8. The molecule has 0 aliphatic heterocycles. The standard InChI is InChI=1S/C20H26F2N2O/c1-13(2)11-20(4,9-5-6-15-7-8-15)19(25)24-16-10-14(3)17(18(21)22)23-12-16/h10,12-13,15,18H,7-9,11H2,1-4H3,(H,24,25). The SMILES string of the molecule is Cc1cc(NC(=O)C(C)(CC#CC2CC2)CC(C)C)cnc1C(F)F. The number of carbonyl (C=O) groups excluding carboxylic acids is 1. The molecule has 1 saturated carbocycles. The smallest absolute Gasteiger partial charge is 0.280 e. The second-order valence-electron chi connectivity index (χ2n) is 7.61. The van der Waals surface area contributed by atoms with Gasteiger partial charge in [0, 0.05) is 12.3 Å². The van der Waals surface area contributed by atoms with Gasteiger partial charge in [-0.25, -0.2) is 8.78 Å². The average molecular weight is 348 g/mol. The molecule has 3 nitrogen and oxygen atoms in total. The summed E-state index contributed by atoms with van der Waals surface area (Å²) in [5, 5.41) is 2.83. The third kappa shape index (κ3) is 5.52. The van der Waals surface area contributed by atoms with Gasteiger partial charge in [-0.2, -0.15) is 0 Å². The van der Waals surface area contributed by atoms with Crippen LogP contribution < -0.4 is 5.32 Å². The summed E-state index contributed by atoms with van der Waals surface area (Å²) in [4.78, 5) is 16.6. The molecule has 1 aromatic rings. The molecule has 0 aromatic carbocycles. The van der Waals surface area contributed by atoms with Crippen molar-refractivity contribution in [1.29, 1.82) is 0 Å². The van der Waals surface area contributed by atoms with Crippen molar-refractivity contribution >= 4 is 11.6 Å². The van der Waals surface area contributed by atoms with Crippen LogP contribution in [-0.2, 0) is 4.79 Å². The molecule has 2 rings (SSSR count). The van der Waals surface area contributed by atoms with Crippen molar-refractivity contribution in [2.24, 2.45) is 17.3 Å². The van der Waals surface area contributed by atoms with Gasteiger partial charge in [-0.05, 0) is 50.7 Å². The molecule has 1 aliphatic carbocycles. The second-order valence-corrected chi connectivity index (χ2v) is 7.61. The van der Waals surface area contributed by atoms with Gasteiger partial charge in [-0.3, -0.25) is 9.78 Å². The van der Waals surface area contributed by atoms with E-state index >= 15 is 0 Å². The zero-order valence-electron chi connectivity index (χ0n) is 15.3. The van der Waals surface area contributed by atoms with Crippen molar-refractivity contribution in [2.75, 3.05) is 5.32 Å². The topological polar surface area (TPSA) is 42.0 Å². The van der Waals surface area contributed by atoms with Crippen LogP contribution in [0.3, 0.4) is 0 Å². The van der Waals surface area contributed by atoms with Crippen LogP contribution in [0.25, 0.3) is 0 Å². The van der Waals surface area contributed by atoms with Crippen molar-refractivity contribution in [2.45, 2.75) is 59.8 Å². The van der Waals surface area contributed by atoms with Crippen LogP contribution in [0.4, 0.5) is 14.5 Å². The van der Waals surface area contributed by atoms with Gasteiger partial charge in [0.1, 0.15) is 5.69 Å². The first-order valence-corrected chi connectivity index (χ1v) is 8.76. The van der Waals surface area contributed by atoms with E-state index in [4.69, 9.17) is 0 Å². The van der Waals surface area contributed by atoms with Crippen LogP contribution in [0.5, 0.6) is 0 Å². The van der Waals surface area contributed by atoms with E-state index in [1.807, 2.05) is 6.92 Å². The first-order chi connectivity index (χ1) is 11.7. The number of pyridine rings is 1. The number of hydrogen-bond acceptors (Lipinski definition) is 2. The van der Waals surface area contributed by atoms with Crippen molar-refractivity contribution in [3.63, 3.8) is 0 Å². The number of hydrogen-bond donors (Lipinski definition) is 1. The summed E-state index contributed by atoms with van der Waals surface area (Å²) in [6, 6.07) is 1.54. The van der Waals surface area contributed by atoms with E-state index in [9.17, 15) is 13.6 Å². The van der Waals surface area contributed by atoms with Crippen molar-refractivity contribution in [3.05, 3.63) is 23.5 Å². The lowest BCUT2D eigenvalue weighted by atomic mass is 9.78. The van der Waals surface area contributed by atoms with Crippen LogP contribution in [-0.4, -0.2) is 10.9 Å². The number of anilines is 1. The van der Waals surface area contributed by atoms with Gasteiger partial charge in [0.05, 0.1) is 17.3 Å². The first-order valence-electron chi connectivity index (χ1n) is 8.76. The van der Waals surface area contributed by atoms with Gasteiger partial charge in [-0.1, -0.05) is 19.8 Å². The highest BCUT2D eigenvalue weighted by Gasteiger charge is 2.33. The Morgan fingerprint density at radius 3 is 2.64 bits per heavy atom. The van der Waals surface area contributed by atoms with E-state index in [-0.39, 0.29) is 11.6 Å². The molecule has 5 heteroatoms. The van der Waals surface area contributed by atoms with E-state index < -0.39 is 11.8 Å². The number of halogens is 2. The molecule has 1 fully saturated rings. The minimum absolute atomic E-state index is 0.141. The molecule has 1 N–H and O–H groups in total. The lowest BCUT2D eigenvalue weighted by molar-refractivity contribution is -0.125. The van der Waals surface area contributed by atoms with Crippen molar-refractivity contribution in [1.82, 2.24) is 4.98 Å². The highest BCUT2D eigenvalue weighted by atomic mass is 19.3. The molecular weight excluding hydrogens is 322 g/mol. The predicted molar refractivity (Wildman–Crippen MR) is 95.2 cm³/mol. The number of carbonyl (C=O) groups is 1. The summed E-state index contributed by atoms with van der Waals surface area (Å²) < 4.78 is 25.6. The summed E-state index contributed by atoms with van der Waals surface area (Å²) >= 11 is 0. The van der Waals surface area contributed by atoms with Crippen molar-refractivity contribution < 1.29 is 13.6 Å². The molecule has 0 bridgehead atoms. The Hall–Kier alpha value is -1.96. The van der Waals surface area contributed by atoms with Gasteiger partial charge in [0.2, 0.25) is 5.91 Å². The van der Waals surface area contributed by atoms with Crippen LogP contribution in [0.1, 0.15) is 64.1 Å². The zero-order chi connectivity index (χ0) is 18.6. The lowest BCUT2D eigenvalue weighted by Gasteiger charge is -2.28. The number of amides is 1. The van der Waals surface area contributed by atoms with Gasteiger partial charge in [-0.15, -0.1) is 5.92 Å². The van der Waals surface area contributed by atoms with Gasteiger partial charge < -0.3 is 5.32 Å². The molecule has 0 spiro atoms. The Morgan fingerprint density at radius 1 is 1.44 bits per heavy atom. The zero-order valence-corrected chi connectivity index (χ0v) is 15.3. The fraction of sp³-hybridized carbons (Fsp3) is 0.600. The molecule has 0 saturated heterocycles. The molecule has 1 amide bonds. The van der Waals surface area contributed by atoms with Crippen LogP contribution in [0.2, 0.25) is 0 Å². The Labute approximate surface area is 148 Å². The average Bonchev–Trinajstić information content (AvgIpc) is 3.30. The number of nitrogens with one attached hydrogen (secondary N) is 1. The molecule has 1 heterocycles. The predicted octanol–water partition coefficient (Wildman–Crippen LogP) is 5.12. The Morgan fingerprint density at radius 2 is 2.12 bits per heavy atom. The Balaban J connectivity index is 2.12. The molecule has 1 aliphatic rings. The monoisotopic (exact) mass is 348 g/mol. The fourth-order valence-corrected chi connectivity index (χ4v) is 2.93. The second kappa shape index (κ2) is 7.95. The highest BCUT2D eigenvalue weighted by Crippen LogP contribution is 2.33. The summed E-state index contributed by atoms with van der Waals surface area (Å²) in [5.41, 5.74) is -0.0621. The fourth-order valence-electron chi connectivity index (χ4n) is 2.93. The molecule has 1 unspecified atom stereocenters. The maximum absolute atomic E-state index is 12.8. The third-order valence-electron chi connectivity index (χ3n) is 4.35. The summed E-state index contributed by atoms with van der Waals surface area (Å²) in [7, 11) is 0. The number of nitrogens with zero attached hydrogens (tertiary/aromatic N) is 1. The highest BCUT2D eigenvalue weighted by molar-refractivity contribution is 5.95. The number of alkyl halides is 2. The third-order valence-corrected chi connectivity index (χ3v) is 4.35. The van der Waals surface area contributed by atoms with E-state index in [1.165, 1.54) is 12.3 Å². The largest absolute Gasteiger partial charge is 0.324 e. The van der Waals surface area contributed by atoms with E-state index in [2.05, 4.69) is 36.0 Å². The molecule has 136 valence electrons. The Bertz CT molecular complexity index is 687. The van der Waals surface area contributed by atoms with E-state index in [1.54, 1.807) is 6.92 Å². The first kappa shape index (κ1) is 19.4. The van der Waals surface area contributed by atoms with Gasteiger partial charge >= 0.3 is 0 Å². The minimum Gasteiger partial charge on any atom is -0.324 e. The number of aryl methyl sites for hydroxylation is 1. The molecular formula is C20H26F2N2O. The van der Waals surface area contributed by atoms with Crippen LogP contribution >= 0.6 is 0 Å². The number of rotatable bonds is 6. The van der Waals surface area contributed by atoms with E-state index in [0.29, 0.717) is 35.9 Å². The maximum Gasteiger partial charge on any atom is 0.280 e. The van der Waals surface area contributed by atoms with Gasteiger partial charge in [0.25, 0.3) is 6.43 Å². The molecule has 1 aromatic heterocycles. The summed E-state index contributed by atoms with van der Waals surface area (Å²) in [6.07, 6.45) is 2.18. The molecule has 1 atom stereocenters. The molecule has 25 heavy (non-hydrogen) atoms. The lowest BCUT2D eigenvalue weighted by Crippen LogP contribution is -2.34. The molecule has 0 radical (unpaired) electrons. The Kier molecular flexibility index (Phi) is 6.16. The summed E-state index contributed by atoms with van der Waals surface area (Å²) in [5.74, 6) is 7.08. The van der Waals surface area contributed by atoms with E-state index in [0.717, 1.165) is 12.8 Å². The van der Waals surface area contributed by atoms with Crippen LogP contribution in [0, 0.1) is 36.0 Å². The van der Waals surface area contributed by atoms with Crippen LogP contribution in [0.15, 0.2) is 12.3 Å². The minimum atomic E-state index is -2.62. The normalized spacial score (nSPS) is 16.3. The summed E-state index contributed by atoms with van der Waals surface area (Å²) in [6.45, 7) is 7.63. The van der Waals surface area contributed by atoms with Gasteiger partial charge in [0.15, 0.2) is 0 Å². The van der Waals surface area contributed by atoms with Crippen molar-refractivity contribution in [3.8, 4) is 11.8 Å². The number of aromatic nitrogens is 1. The quantitative estimate of drug-likeness (QED) is 0.725.